The number of nitrogens with zero attached hydrogens (tertiary/aromatic N) is 1. The fraction of sp³-hybridized carbons (Fsp3) is 0.290. The summed E-state index contributed by atoms with van der Waals surface area (Å²) in [6, 6.07) is 27.5. The molecule has 3 aromatic carbocycles. The summed E-state index contributed by atoms with van der Waals surface area (Å²) >= 11 is 0. The lowest BCUT2D eigenvalue weighted by Gasteiger charge is -2.48. The van der Waals surface area contributed by atoms with Crippen molar-refractivity contribution in [3.8, 4) is 0 Å². The molecule has 3 aromatic rings. The van der Waals surface area contributed by atoms with Gasteiger partial charge in [-0.15, -0.1) is 0 Å². The third kappa shape index (κ3) is 6.54. The highest BCUT2D eigenvalue weighted by molar-refractivity contribution is 7.87. The van der Waals surface area contributed by atoms with Crippen LogP contribution in [0.3, 0.4) is 0 Å². The van der Waals surface area contributed by atoms with Crippen molar-refractivity contribution in [3.05, 3.63) is 91.0 Å². The lowest BCUT2D eigenvalue weighted by molar-refractivity contribution is -0.272. The number of amides is 1. The first-order valence-electron chi connectivity index (χ1n) is 13.4. The van der Waals surface area contributed by atoms with Gasteiger partial charge in [0.05, 0.1) is 7.05 Å². The van der Waals surface area contributed by atoms with Gasteiger partial charge in [-0.25, -0.2) is 4.74 Å². The van der Waals surface area contributed by atoms with Gasteiger partial charge in [0.25, 0.3) is 11.6 Å². The summed E-state index contributed by atoms with van der Waals surface area (Å²) < 4.78 is 27.6. The Labute approximate surface area is 249 Å². The number of carbonyl (C=O) groups excluding carboxylic acids is 4. The van der Waals surface area contributed by atoms with Crippen LogP contribution >= 0.6 is 7.05 Å². The molecule has 0 bridgehead atoms. The van der Waals surface area contributed by atoms with E-state index in [0.29, 0.717) is 15.9 Å². The van der Waals surface area contributed by atoms with E-state index in [4.69, 9.17) is 29.4 Å². The number of primary amides is 1. The van der Waals surface area contributed by atoms with Gasteiger partial charge in [0.2, 0.25) is 0 Å². The maximum absolute atomic E-state index is 13.8. The molecule has 0 aromatic heterocycles. The van der Waals surface area contributed by atoms with Crippen LogP contribution in [0.2, 0.25) is 0 Å². The SMILES string of the molecule is CC(=O)OC[C@H]1O[C@@](N=P(c2ccccc2)(c2ccccc2)c2ccccc2)(C(N)=O)[C@H](OC(C)=O)[C@@H](OC(C)=O)[C@H]1O. The van der Waals surface area contributed by atoms with Crippen molar-refractivity contribution in [1.29, 1.82) is 0 Å². The number of carbonyl (C=O) groups is 4. The van der Waals surface area contributed by atoms with E-state index in [2.05, 4.69) is 0 Å². The average molecular weight is 609 g/mol. The summed E-state index contributed by atoms with van der Waals surface area (Å²) in [5, 5.41) is 13.4. The minimum absolute atomic E-state index is 0.543. The predicted molar refractivity (Wildman–Crippen MR) is 158 cm³/mol. The number of rotatable bonds is 9. The van der Waals surface area contributed by atoms with Gasteiger partial charge in [0, 0.05) is 36.7 Å². The zero-order valence-electron chi connectivity index (χ0n) is 23.9. The van der Waals surface area contributed by atoms with Crippen LogP contribution in [0.25, 0.3) is 0 Å². The molecule has 0 saturated carbocycles. The summed E-state index contributed by atoms with van der Waals surface area (Å²) in [7, 11) is -3.29. The van der Waals surface area contributed by atoms with Gasteiger partial charge in [-0.3, -0.25) is 19.2 Å². The third-order valence-corrected chi connectivity index (χ3v) is 10.6. The Kier molecular flexibility index (Phi) is 9.80. The van der Waals surface area contributed by atoms with E-state index in [1.54, 1.807) is 0 Å². The first-order valence-corrected chi connectivity index (χ1v) is 15.2. The number of benzene rings is 3. The topological polar surface area (TPSA) is 164 Å². The molecular weight excluding hydrogens is 575 g/mol. The van der Waals surface area contributed by atoms with Crippen molar-refractivity contribution < 1.29 is 43.2 Å². The zero-order chi connectivity index (χ0) is 31.2. The molecule has 1 fully saturated rings. The molecule has 1 aliphatic heterocycles. The van der Waals surface area contributed by atoms with Crippen LogP contribution in [0.1, 0.15) is 20.8 Å². The molecule has 226 valence electrons. The maximum Gasteiger partial charge on any atom is 0.303 e. The molecule has 11 nitrogen and oxygen atoms in total. The largest absolute Gasteiger partial charge is 0.463 e. The fourth-order valence-electron chi connectivity index (χ4n) is 5.06. The maximum atomic E-state index is 13.8. The van der Waals surface area contributed by atoms with Crippen LogP contribution in [0.15, 0.2) is 95.7 Å². The first-order chi connectivity index (χ1) is 20.5. The second-order valence-corrected chi connectivity index (χ2v) is 12.9. The molecule has 3 N–H and O–H groups in total. The molecular formula is C31H33N2O9P. The van der Waals surface area contributed by atoms with Gasteiger partial charge in [-0.05, 0) is 0 Å². The standard InChI is InChI=1S/C31H33N2O9P/c1-20(34)39-19-26-27(37)28(40-21(2)35)29(41-22(3)36)31(42-26,30(32)38)33-43(23-13-7-4-8-14-23,24-15-9-5-10-16-24)25-17-11-6-12-18-25/h4-18,26-29,37H,19H2,1-3H3,(H2,32,38)/t26-,27+,28+,29-,31-/m1/s1. The average Bonchev–Trinajstić information content (AvgIpc) is 2.99. The summed E-state index contributed by atoms with van der Waals surface area (Å²) in [6.45, 7) is 2.79. The lowest BCUT2D eigenvalue weighted by atomic mass is 9.90. The monoisotopic (exact) mass is 608 g/mol. The Morgan fingerprint density at radius 2 is 1.23 bits per heavy atom. The normalized spacial score (nSPS) is 23.4. The third-order valence-electron chi connectivity index (χ3n) is 6.82. The van der Waals surface area contributed by atoms with E-state index in [9.17, 15) is 24.3 Å². The molecule has 0 aliphatic carbocycles. The van der Waals surface area contributed by atoms with Crippen LogP contribution in [-0.4, -0.2) is 65.7 Å². The van der Waals surface area contributed by atoms with Crippen molar-refractivity contribution in [1.82, 2.24) is 0 Å². The molecule has 0 unspecified atom stereocenters. The van der Waals surface area contributed by atoms with Gasteiger partial charge in [0.15, 0.2) is 12.2 Å². The highest BCUT2D eigenvalue weighted by atomic mass is 31.2. The second kappa shape index (κ2) is 13.3. The number of hydrogen-bond donors (Lipinski definition) is 2. The van der Waals surface area contributed by atoms with Crippen molar-refractivity contribution in [3.63, 3.8) is 0 Å². The molecule has 5 atom stereocenters. The van der Waals surface area contributed by atoms with E-state index in [1.165, 1.54) is 0 Å². The van der Waals surface area contributed by atoms with Gasteiger partial charge in [0.1, 0.15) is 18.8 Å². The van der Waals surface area contributed by atoms with Crippen molar-refractivity contribution >= 4 is 46.8 Å². The predicted octanol–water partition coefficient (Wildman–Crippen LogP) is 1.53. The molecule has 0 radical (unpaired) electrons. The summed E-state index contributed by atoms with van der Waals surface area (Å²) in [4.78, 5) is 50.2. The molecule has 12 heteroatoms. The summed E-state index contributed by atoms with van der Waals surface area (Å²) in [5.41, 5.74) is 3.57. The first kappa shape index (κ1) is 31.6. The molecule has 1 saturated heterocycles. The highest BCUT2D eigenvalue weighted by Crippen LogP contribution is 2.51. The Hall–Kier alpha value is -4.31. The van der Waals surface area contributed by atoms with E-state index in [1.807, 2.05) is 91.0 Å². The molecule has 1 aliphatic rings. The van der Waals surface area contributed by atoms with Crippen LogP contribution in [0.4, 0.5) is 0 Å². The van der Waals surface area contributed by atoms with Gasteiger partial charge in [-0.2, -0.15) is 0 Å². The Bertz CT molecular complexity index is 1410. The summed E-state index contributed by atoms with van der Waals surface area (Å²) in [5.74, 6) is -3.59. The molecule has 43 heavy (non-hydrogen) atoms. The smallest absolute Gasteiger partial charge is 0.303 e. The van der Waals surface area contributed by atoms with E-state index in [-0.39, 0.29) is 0 Å². The second-order valence-electron chi connectivity index (χ2n) is 9.86. The van der Waals surface area contributed by atoms with E-state index >= 15 is 0 Å². The quantitative estimate of drug-likeness (QED) is 0.208. The number of hydrogen-bond acceptors (Lipinski definition) is 10. The minimum Gasteiger partial charge on any atom is -0.463 e. The molecule has 4 rings (SSSR count). The van der Waals surface area contributed by atoms with Crippen LogP contribution in [-0.2, 0) is 38.1 Å². The van der Waals surface area contributed by atoms with Crippen molar-refractivity contribution in [2.75, 3.05) is 6.61 Å². The zero-order valence-corrected chi connectivity index (χ0v) is 24.8. The summed E-state index contributed by atoms with van der Waals surface area (Å²) in [6.07, 6.45) is -6.64. The van der Waals surface area contributed by atoms with E-state index in [0.717, 1.165) is 20.8 Å². The minimum atomic E-state index is -3.29. The Morgan fingerprint density at radius 1 is 0.791 bits per heavy atom. The van der Waals surface area contributed by atoms with Crippen LogP contribution < -0.4 is 21.6 Å². The highest BCUT2D eigenvalue weighted by Gasteiger charge is 2.63. The van der Waals surface area contributed by atoms with Gasteiger partial charge in [-0.1, -0.05) is 91.0 Å². The van der Waals surface area contributed by atoms with Crippen molar-refractivity contribution in [2.45, 2.75) is 50.9 Å². The molecule has 0 spiro atoms. The number of nitrogens with two attached hydrogens (primary N) is 1. The van der Waals surface area contributed by atoms with Crippen LogP contribution in [0, 0.1) is 0 Å². The number of aliphatic hydroxyl groups is 1. The number of aliphatic hydroxyl groups excluding tert-OH is 1. The van der Waals surface area contributed by atoms with E-state index < -0.39 is 67.6 Å². The van der Waals surface area contributed by atoms with Gasteiger partial charge >= 0.3 is 17.9 Å². The Balaban J connectivity index is 2.17. The van der Waals surface area contributed by atoms with Crippen molar-refractivity contribution in [2.24, 2.45) is 10.5 Å². The lowest BCUT2D eigenvalue weighted by Crippen LogP contribution is -2.70. The number of ether oxygens (including phenoxy) is 4. The van der Waals surface area contributed by atoms with Gasteiger partial charge < -0.3 is 29.8 Å². The Morgan fingerprint density at radius 3 is 1.60 bits per heavy atom. The molecule has 1 heterocycles. The molecule has 1 amide bonds. The number of esters is 3. The fourth-order valence-corrected chi connectivity index (χ4v) is 8.82. The van der Waals surface area contributed by atoms with Crippen LogP contribution in [0.5, 0.6) is 0 Å².